The Bertz CT molecular complexity index is 74.0. The lowest BCUT2D eigenvalue weighted by molar-refractivity contribution is 0.467. The molecule has 0 aliphatic heterocycles. The van der Waals surface area contributed by atoms with Gasteiger partial charge in [0.2, 0.25) is 0 Å². The van der Waals surface area contributed by atoms with Crippen LogP contribution in [0.15, 0.2) is 0 Å². The van der Waals surface area contributed by atoms with E-state index in [1.165, 1.54) is 32.1 Å². The van der Waals surface area contributed by atoms with Crippen LogP contribution in [0.25, 0.3) is 0 Å². The molecule has 0 amide bonds. The van der Waals surface area contributed by atoms with Crippen molar-refractivity contribution in [3.8, 4) is 0 Å². The third kappa shape index (κ3) is 8.61. The van der Waals surface area contributed by atoms with Gasteiger partial charge in [0.25, 0.3) is 0 Å². The summed E-state index contributed by atoms with van der Waals surface area (Å²) in [6.45, 7) is 4.61. The van der Waals surface area contributed by atoms with E-state index in [0.29, 0.717) is 0 Å². The average Bonchev–Trinajstić information content (AvgIpc) is 1.99. The zero-order valence-corrected chi connectivity index (χ0v) is 9.27. The molecule has 1 atom stereocenters. The van der Waals surface area contributed by atoms with Crippen molar-refractivity contribution in [3.05, 3.63) is 0 Å². The zero-order chi connectivity index (χ0) is 8.53. The maximum atomic E-state index is 4.80. The monoisotopic (exact) mass is 191 g/mol. The van der Waals surface area contributed by atoms with E-state index in [2.05, 4.69) is 13.8 Å². The normalized spacial score (nSPS) is 13.4. The summed E-state index contributed by atoms with van der Waals surface area (Å²) in [7, 11) is 1.55. The van der Waals surface area contributed by atoms with Gasteiger partial charge in [-0.1, -0.05) is 50.3 Å². The Balaban J connectivity index is 2.97. The van der Waals surface area contributed by atoms with Crippen molar-refractivity contribution >= 4 is 22.5 Å². The molecule has 0 heterocycles. The standard InChI is InChI=1S/C9H19S2/c1-3-6-9(2)7-4-5-8-11-10/h9H,3-8H2,1-2H3. The number of rotatable bonds is 7. The average molecular weight is 191 g/mol. The fourth-order valence-electron chi connectivity index (χ4n) is 1.29. The predicted molar refractivity (Wildman–Crippen MR) is 58.0 cm³/mol. The highest BCUT2D eigenvalue weighted by Crippen LogP contribution is 2.15. The van der Waals surface area contributed by atoms with Crippen LogP contribution < -0.4 is 0 Å². The van der Waals surface area contributed by atoms with E-state index in [-0.39, 0.29) is 0 Å². The minimum Gasteiger partial charge on any atom is -0.0817 e. The largest absolute Gasteiger partial charge is 0.0817 e. The van der Waals surface area contributed by atoms with E-state index in [9.17, 15) is 0 Å². The van der Waals surface area contributed by atoms with E-state index < -0.39 is 0 Å². The summed E-state index contributed by atoms with van der Waals surface area (Å²) in [5, 5.41) is 0. The molecule has 0 rings (SSSR count). The van der Waals surface area contributed by atoms with E-state index in [1.54, 1.807) is 10.8 Å². The van der Waals surface area contributed by atoms with E-state index >= 15 is 0 Å². The van der Waals surface area contributed by atoms with Gasteiger partial charge in [0.1, 0.15) is 0 Å². The number of hydrogen-bond acceptors (Lipinski definition) is 1. The maximum Gasteiger partial charge on any atom is 0.00454 e. The fourth-order valence-corrected chi connectivity index (χ4v) is 1.97. The number of unbranched alkanes of at least 4 members (excludes halogenated alkanes) is 1. The minimum atomic E-state index is 0.926. The lowest BCUT2D eigenvalue weighted by atomic mass is 10.00. The molecule has 1 unspecified atom stereocenters. The van der Waals surface area contributed by atoms with Crippen molar-refractivity contribution in [3.63, 3.8) is 0 Å². The number of hydrogen-bond donors (Lipinski definition) is 0. The summed E-state index contributed by atoms with van der Waals surface area (Å²) < 4.78 is 0. The first-order valence-electron chi connectivity index (χ1n) is 4.56. The smallest absolute Gasteiger partial charge is 0.00454 e. The molecule has 0 saturated heterocycles. The molecule has 0 aromatic heterocycles. The van der Waals surface area contributed by atoms with Gasteiger partial charge in [0.05, 0.1) is 0 Å². The summed E-state index contributed by atoms with van der Waals surface area (Å²) in [4.78, 5) is 0. The lowest BCUT2D eigenvalue weighted by Gasteiger charge is -2.08. The van der Waals surface area contributed by atoms with Gasteiger partial charge in [-0.15, -0.1) is 0 Å². The molecule has 2 heteroatoms. The van der Waals surface area contributed by atoms with E-state index in [4.69, 9.17) is 11.7 Å². The summed E-state index contributed by atoms with van der Waals surface area (Å²) in [6.07, 6.45) is 6.79. The highest BCUT2D eigenvalue weighted by atomic mass is 33.1. The molecule has 0 spiro atoms. The van der Waals surface area contributed by atoms with Gasteiger partial charge in [-0.25, -0.2) is 0 Å². The molecular formula is C9H19S2. The van der Waals surface area contributed by atoms with Crippen molar-refractivity contribution in [2.45, 2.75) is 46.0 Å². The van der Waals surface area contributed by atoms with Crippen LogP contribution in [0.4, 0.5) is 0 Å². The zero-order valence-electron chi connectivity index (χ0n) is 7.64. The van der Waals surface area contributed by atoms with Crippen LogP contribution in [0.5, 0.6) is 0 Å². The van der Waals surface area contributed by atoms with Crippen LogP contribution in [0.2, 0.25) is 0 Å². The molecule has 11 heavy (non-hydrogen) atoms. The Morgan fingerprint density at radius 2 is 2.00 bits per heavy atom. The van der Waals surface area contributed by atoms with Crippen LogP contribution in [-0.4, -0.2) is 5.75 Å². The van der Waals surface area contributed by atoms with E-state index in [1.807, 2.05) is 0 Å². The Kier molecular flexibility index (Phi) is 9.35. The van der Waals surface area contributed by atoms with E-state index in [0.717, 1.165) is 11.7 Å². The molecule has 0 aromatic carbocycles. The molecule has 0 fully saturated rings. The van der Waals surface area contributed by atoms with Crippen molar-refractivity contribution in [1.82, 2.24) is 0 Å². The quantitative estimate of drug-likeness (QED) is 0.423. The molecule has 0 saturated carbocycles. The predicted octanol–water partition coefficient (Wildman–Crippen LogP) is 4.44. The van der Waals surface area contributed by atoms with Crippen LogP contribution >= 0.6 is 22.5 Å². The highest BCUT2D eigenvalue weighted by molar-refractivity contribution is 8.68. The van der Waals surface area contributed by atoms with Gasteiger partial charge in [0, 0.05) is 5.75 Å². The first-order chi connectivity index (χ1) is 5.31. The SMILES string of the molecule is CCCC(C)CCCCS[S]. The minimum absolute atomic E-state index is 0.926. The summed E-state index contributed by atoms with van der Waals surface area (Å²) in [5.41, 5.74) is 0. The van der Waals surface area contributed by atoms with Gasteiger partial charge in [-0.3, -0.25) is 0 Å². The van der Waals surface area contributed by atoms with Crippen molar-refractivity contribution < 1.29 is 0 Å². The molecule has 0 aliphatic carbocycles. The highest BCUT2D eigenvalue weighted by Gasteiger charge is 1.99. The third-order valence-electron chi connectivity index (χ3n) is 1.96. The first-order valence-corrected chi connectivity index (χ1v) is 6.47. The van der Waals surface area contributed by atoms with Crippen molar-refractivity contribution in [1.29, 1.82) is 0 Å². The van der Waals surface area contributed by atoms with Gasteiger partial charge in [0.15, 0.2) is 0 Å². The molecular weight excluding hydrogens is 172 g/mol. The molecule has 0 N–H and O–H groups in total. The molecule has 0 aliphatic rings. The Morgan fingerprint density at radius 3 is 2.55 bits per heavy atom. The summed E-state index contributed by atoms with van der Waals surface area (Å²) in [5.74, 6) is 2.09. The second-order valence-corrected chi connectivity index (χ2v) is 4.56. The fraction of sp³-hybridized carbons (Fsp3) is 1.00. The topological polar surface area (TPSA) is 0 Å². The lowest BCUT2D eigenvalue weighted by Crippen LogP contribution is -1.93. The van der Waals surface area contributed by atoms with Gasteiger partial charge in [-0.05, 0) is 24.0 Å². The summed E-state index contributed by atoms with van der Waals surface area (Å²) >= 11 is 4.80. The van der Waals surface area contributed by atoms with Crippen molar-refractivity contribution in [2.75, 3.05) is 5.75 Å². The van der Waals surface area contributed by atoms with Crippen LogP contribution in [0, 0.1) is 5.92 Å². The maximum absolute atomic E-state index is 4.80. The first kappa shape index (κ1) is 11.7. The van der Waals surface area contributed by atoms with Gasteiger partial charge in [-0.2, -0.15) is 0 Å². The molecule has 0 nitrogen and oxygen atoms in total. The van der Waals surface area contributed by atoms with Gasteiger partial charge >= 0.3 is 0 Å². The molecule has 0 aromatic rings. The molecule has 67 valence electrons. The molecule has 0 bridgehead atoms. The van der Waals surface area contributed by atoms with Crippen LogP contribution in [0.1, 0.15) is 46.0 Å². The Labute approximate surface area is 80.3 Å². The third-order valence-corrected chi connectivity index (χ3v) is 2.91. The van der Waals surface area contributed by atoms with Crippen molar-refractivity contribution in [2.24, 2.45) is 5.92 Å². The summed E-state index contributed by atoms with van der Waals surface area (Å²) in [6, 6.07) is 0. The Hall–Kier alpha value is 0.700. The second-order valence-electron chi connectivity index (χ2n) is 3.21. The Morgan fingerprint density at radius 1 is 1.27 bits per heavy atom. The van der Waals surface area contributed by atoms with Crippen LogP contribution in [0.3, 0.4) is 0 Å². The second kappa shape index (κ2) is 8.79. The van der Waals surface area contributed by atoms with Gasteiger partial charge < -0.3 is 0 Å². The molecule has 1 radical (unpaired) electrons. The van der Waals surface area contributed by atoms with Crippen LogP contribution in [-0.2, 0) is 0 Å².